The molecule has 0 saturated heterocycles. The molecule has 0 aliphatic heterocycles. The van der Waals surface area contributed by atoms with Crippen molar-refractivity contribution in [2.75, 3.05) is 27.2 Å². The fraction of sp³-hybridized carbons (Fsp3) is 0.571. The number of hydrogen-bond donors (Lipinski definition) is 0. The van der Waals surface area contributed by atoms with E-state index in [0.717, 1.165) is 4.48 Å². The minimum atomic E-state index is 0.676. The second kappa shape index (κ2) is 5.32. The predicted octanol–water partition coefficient (Wildman–Crippen LogP) is 3.28. The van der Waals surface area contributed by atoms with Crippen molar-refractivity contribution in [3.05, 3.63) is 35.9 Å². The molecule has 1 aromatic carbocycles. The Bertz CT molecular complexity index is 277. The Morgan fingerprint density at radius 1 is 1.13 bits per heavy atom. The molecule has 1 atom stereocenters. The van der Waals surface area contributed by atoms with Crippen LogP contribution in [-0.2, 0) is 0 Å². The van der Waals surface area contributed by atoms with Crippen molar-refractivity contribution in [1.29, 1.82) is 0 Å². The standard InChI is InChI=1S/C14H24N/c1-5-15(3,4)12-11-13(2)14-9-7-6-8-10-14/h6-10,13H,5,11-12H2,1-4H3/q+1/t13-/m1/s1. The molecule has 1 heteroatoms. The summed E-state index contributed by atoms with van der Waals surface area (Å²) < 4.78 is 1.12. The molecule has 1 nitrogen and oxygen atoms in total. The van der Waals surface area contributed by atoms with Gasteiger partial charge in [0.15, 0.2) is 0 Å². The van der Waals surface area contributed by atoms with E-state index in [1.54, 1.807) is 0 Å². The second-order valence-electron chi connectivity index (χ2n) is 5.08. The van der Waals surface area contributed by atoms with Gasteiger partial charge in [0.05, 0.1) is 27.2 Å². The minimum absolute atomic E-state index is 0.676. The summed E-state index contributed by atoms with van der Waals surface area (Å²) in [6, 6.07) is 10.8. The maximum Gasteiger partial charge on any atom is 0.0788 e. The van der Waals surface area contributed by atoms with Crippen LogP contribution < -0.4 is 0 Å². The SMILES string of the molecule is CC[N+](C)(C)CC[C@@H](C)c1ccccc1. The zero-order valence-electron chi connectivity index (χ0n) is 10.5. The smallest absolute Gasteiger partial charge is 0.0788 e. The van der Waals surface area contributed by atoms with Gasteiger partial charge in [0, 0.05) is 6.42 Å². The summed E-state index contributed by atoms with van der Waals surface area (Å²) >= 11 is 0. The highest BCUT2D eigenvalue weighted by molar-refractivity contribution is 5.18. The summed E-state index contributed by atoms with van der Waals surface area (Å²) in [5.74, 6) is 0.676. The highest BCUT2D eigenvalue weighted by Crippen LogP contribution is 2.19. The molecule has 1 rings (SSSR count). The third-order valence-electron chi connectivity index (χ3n) is 3.39. The van der Waals surface area contributed by atoms with Gasteiger partial charge >= 0.3 is 0 Å². The van der Waals surface area contributed by atoms with Crippen LogP contribution in [0.3, 0.4) is 0 Å². The first-order valence-corrected chi connectivity index (χ1v) is 5.92. The average molecular weight is 206 g/mol. The first kappa shape index (κ1) is 12.3. The zero-order chi connectivity index (χ0) is 11.3. The molecule has 0 heterocycles. The Labute approximate surface area is 94.3 Å². The topological polar surface area (TPSA) is 0 Å². The van der Waals surface area contributed by atoms with Crippen LogP contribution in [0.4, 0.5) is 0 Å². The van der Waals surface area contributed by atoms with Crippen LogP contribution in [0.25, 0.3) is 0 Å². The summed E-state index contributed by atoms with van der Waals surface area (Å²) in [4.78, 5) is 0. The molecule has 0 aliphatic rings. The summed E-state index contributed by atoms with van der Waals surface area (Å²) in [6.07, 6.45) is 1.27. The van der Waals surface area contributed by atoms with Crippen LogP contribution in [0.15, 0.2) is 30.3 Å². The predicted molar refractivity (Wildman–Crippen MR) is 67.0 cm³/mol. The molecule has 0 unspecified atom stereocenters. The van der Waals surface area contributed by atoms with Crippen molar-refractivity contribution in [2.45, 2.75) is 26.2 Å². The van der Waals surface area contributed by atoms with E-state index in [4.69, 9.17) is 0 Å². The van der Waals surface area contributed by atoms with Crippen molar-refractivity contribution in [1.82, 2.24) is 0 Å². The fourth-order valence-electron chi connectivity index (χ4n) is 1.65. The second-order valence-corrected chi connectivity index (χ2v) is 5.08. The summed E-state index contributed by atoms with van der Waals surface area (Å²) in [6.45, 7) is 7.05. The lowest BCUT2D eigenvalue weighted by atomic mass is 9.97. The number of quaternary nitrogens is 1. The van der Waals surface area contributed by atoms with Crippen LogP contribution in [0.2, 0.25) is 0 Å². The molecule has 0 N–H and O–H groups in total. The maximum atomic E-state index is 2.32. The van der Waals surface area contributed by atoms with E-state index in [-0.39, 0.29) is 0 Å². The molecule has 0 fully saturated rings. The number of rotatable bonds is 5. The lowest BCUT2D eigenvalue weighted by molar-refractivity contribution is -0.888. The van der Waals surface area contributed by atoms with Gasteiger partial charge in [-0.25, -0.2) is 0 Å². The van der Waals surface area contributed by atoms with E-state index in [0.29, 0.717) is 5.92 Å². The average Bonchev–Trinajstić information content (AvgIpc) is 2.27. The van der Waals surface area contributed by atoms with Gasteiger partial charge in [0.25, 0.3) is 0 Å². The Morgan fingerprint density at radius 3 is 2.27 bits per heavy atom. The molecular formula is C14H24N+. The number of hydrogen-bond acceptors (Lipinski definition) is 0. The zero-order valence-corrected chi connectivity index (χ0v) is 10.5. The number of benzene rings is 1. The van der Waals surface area contributed by atoms with Gasteiger partial charge in [0.2, 0.25) is 0 Å². The Kier molecular flexibility index (Phi) is 4.34. The van der Waals surface area contributed by atoms with E-state index < -0.39 is 0 Å². The van der Waals surface area contributed by atoms with Gasteiger partial charge in [-0.3, -0.25) is 0 Å². The van der Waals surface area contributed by atoms with Crippen LogP contribution in [-0.4, -0.2) is 31.7 Å². The van der Waals surface area contributed by atoms with Crippen molar-refractivity contribution in [3.8, 4) is 0 Å². The molecule has 0 spiro atoms. The van der Waals surface area contributed by atoms with Gasteiger partial charge < -0.3 is 4.48 Å². The first-order chi connectivity index (χ1) is 7.05. The van der Waals surface area contributed by atoms with E-state index in [1.165, 1.54) is 25.1 Å². The Morgan fingerprint density at radius 2 is 1.73 bits per heavy atom. The third kappa shape index (κ3) is 4.05. The van der Waals surface area contributed by atoms with Crippen LogP contribution in [0.5, 0.6) is 0 Å². The Balaban J connectivity index is 2.47. The normalized spacial score (nSPS) is 13.9. The van der Waals surface area contributed by atoms with Gasteiger partial charge in [-0.1, -0.05) is 37.3 Å². The van der Waals surface area contributed by atoms with Gasteiger partial charge in [0.1, 0.15) is 0 Å². The van der Waals surface area contributed by atoms with E-state index in [2.05, 4.69) is 58.3 Å². The Hall–Kier alpha value is -0.820. The summed E-state index contributed by atoms with van der Waals surface area (Å²) in [7, 11) is 4.61. The summed E-state index contributed by atoms with van der Waals surface area (Å²) in [5, 5.41) is 0. The molecule has 84 valence electrons. The van der Waals surface area contributed by atoms with E-state index in [9.17, 15) is 0 Å². The monoisotopic (exact) mass is 206 g/mol. The van der Waals surface area contributed by atoms with Crippen molar-refractivity contribution >= 4 is 0 Å². The van der Waals surface area contributed by atoms with Crippen molar-refractivity contribution in [3.63, 3.8) is 0 Å². The molecular weight excluding hydrogens is 182 g/mol. The van der Waals surface area contributed by atoms with Gasteiger partial charge in [-0.05, 0) is 18.4 Å². The molecule has 1 aromatic rings. The van der Waals surface area contributed by atoms with Crippen molar-refractivity contribution < 1.29 is 4.48 Å². The van der Waals surface area contributed by atoms with Gasteiger partial charge in [-0.2, -0.15) is 0 Å². The highest BCUT2D eigenvalue weighted by atomic mass is 15.3. The largest absolute Gasteiger partial charge is 0.329 e. The van der Waals surface area contributed by atoms with Gasteiger partial charge in [-0.15, -0.1) is 0 Å². The lowest BCUT2D eigenvalue weighted by Gasteiger charge is -2.29. The number of nitrogens with zero attached hydrogens (tertiary/aromatic N) is 1. The van der Waals surface area contributed by atoms with E-state index in [1.807, 2.05) is 0 Å². The summed E-state index contributed by atoms with van der Waals surface area (Å²) in [5.41, 5.74) is 1.47. The first-order valence-electron chi connectivity index (χ1n) is 5.92. The molecule has 0 aliphatic carbocycles. The molecule has 0 saturated carbocycles. The van der Waals surface area contributed by atoms with Crippen LogP contribution in [0, 0.1) is 0 Å². The minimum Gasteiger partial charge on any atom is -0.329 e. The third-order valence-corrected chi connectivity index (χ3v) is 3.39. The van der Waals surface area contributed by atoms with E-state index >= 15 is 0 Å². The molecule has 0 aromatic heterocycles. The lowest BCUT2D eigenvalue weighted by Crippen LogP contribution is -2.40. The quantitative estimate of drug-likeness (QED) is 0.649. The van der Waals surface area contributed by atoms with Crippen LogP contribution in [0.1, 0.15) is 31.7 Å². The molecule has 15 heavy (non-hydrogen) atoms. The fourth-order valence-corrected chi connectivity index (χ4v) is 1.65. The van der Waals surface area contributed by atoms with Crippen LogP contribution >= 0.6 is 0 Å². The highest BCUT2D eigenvalue weighted by Gasteiger charge is 2.14. The van der Waals surface area contributed by atoms with Crippen molar-refractivity contribution in [2.24, 2.45) is 0 Å². The molecule has 0 bridgehead atoms. The molecule has 0 amide bonds. The molecule has 0 radical (unpaired) electrons. The maximum absolute atomic E-state index is 2.32.